The number of unbranched alkanes of at least 4 members (excludes halogenated alkanes) is 56. The van der Waals surface area contributed by atoms with Crippen LogP contribution in [0.15, 0.2) is 0 Å². The Kier molecular flexibility index (Phi) is 75.4. The minimum atomic E-state index is -4.96. The summed E-state index contributed by atoms with van der Waals surface area (Å²) in [5.74, 6) is -1.30. The lowest BCUT2D eigenvalue weighted by Crippen LogP contribution is -2.30. The summed E-state index contributed by atoms with van der Waals surface area (Å²) in [6.07, 6.45) is 69.2. The molecule has 5 atom stereocenters. The number of phosphoric acid groups is 2. The van der Waals surface area contributed by atoms with Crippen LogP contribution >= 0.6 is 15.6 Å². The van der Waals surface area contributed by atoms with Crippen LogP contribution < -0.4 is 0 Å². The van der Waals surface area contributed by atoms with Crippen molar-refractivity contribution in [2.24, 2.45) is 5.92 Å². The van der Waals surface area contributed by atoms with E-state index in [2.05, 4.69) is 34.6 Å². The molecule has 0 spiro atoms. The van der Waals surface area contributed by atoms with E-state index in [9.17, 15) is 43.2 Å². The molecule has 3 N–H and O–H groups in total. The lowest BCUT2D eigenvalue weighted by molar-refractivity contribution is -0.161. The number of phosphoric ester groups is 2. The SMILES string of the molecule is CCCCCCCCCCCCCCCCCCCCC(=O)O[C@H](COC(=O)CCCCCCCCCCCCCCCCC(C)C)COP(=O)(O)OC[C@@H](O)COP(=O)(O)OC[C@@H](COC(=O)CCCCCCCCCCCCCCC)OC(=O)CCCCCCCCCCCCCCCCC. The monoisotopic (exact) mass is 1510 g/mol. The highest BCUT2D eigenvalue weighted by atomic mass is 31.2. The van der Waals surface area contributed by atoms with E-state index in [0.29, 0.717) is 25.7 Å². The predicted molar refractivity (Wildman–Crippen MR) is 423 cm³/mol. The maximum atomic E-state index is 13.1. The van der Waals surface area contributed by atoms with Gasteiger partial charge in [-0.3, -0.25) is 37.3 Å². The van der Waals surface area contributed by atoms with E-state index in [1.165, 1.54) is 276 Å². The lowest BCUT2D eigenvalue weighted by atomic mass is 10.0. The molecule has 0 aliphatic carbocycles. The maximum Gasteiger partial charge on any atom is 0.472 e. The third-order valence-corrected chi connectivity index (χ3v) is 21.7. The summed E-state index contributed by atoms with van der Waals surface area (Å²) in [6.45, 7) is 7.39. The highest BCUT2D eigenvalue weighted by Gasteiger charge is 2.30. The van der Waals surface area contributed by atoms with Crippen LogP contribution in [0.4, 0.5) is 0 Å². The Balaban J connectivity index is 5.26. The first-order chi connectivity index (χ1) is 50.0. The van der Waals surface area contributed by atoms with Gasteiger partial charge in [0, 0.05) is 25.7 Å². The number of aliphatic hydroxyl groups is 1. The molecule has 19 heteroatoms. The van der Waals surface area contributed by atoms with Crippen molar-refractivity contribution in [1.29, 1.82) is 0 Å². The molecule has 103 heavy (non-hydrogen) atoms. The molecular weight excluding hydrogens is 1340 g/mol. The second-order valence-corrected chi connectivity index (χ2v) is 33.6. The van der Waals surface area contributed by atoms with E-state index in [-0.39, 0.29) is 25.7 Å². The molecule has 17 nitrogen and oxygen atoms in total. The van der Waals surface area contributed by atoms with Crippen LogP contribution in [0.5, 0.6) is 0 Å². The molecule has 0 heterocycles. The lowest BCUT2D eigenvalue weighted by Gasteiger charge is -2.21. The molecule has 0 aromatic carbocycles. The van der Waals surface area contributed by atoms with E-state index < -0.39 is 97.5 Å². The Morgan fingerprint density at radius 3 is 0.660 bits per heavy atom. The Morgan fingerprint density at radius 1 is 0.262 bits per heavy atom. The van der Waals surface area contributed by atoms with Gasteiger partial charge in [-0.15, -0.1) is 0 Å². The molecule has 612 valence electrons. The largest absolute Gasteiger partial charge is 0.472 e. The highest BCUT2D eigenvalue weighted by molar-refractivity contribution is 7.47. The second-order valence-electron chi connectivity index (χ2n) is 30.7. The fraction of sp³-hybridized carbons (Fsp3) is 0.952. The van der Waals surface area contributed by atoms with Crippen molar-refractivity contribution in [3.63, 3.8) is 0 Å². The summed E-state index contributed by atoms with van der Waals surface area (Å²) < 4.78 is 68.9. The van der Waals surface area contributed by atoms with Crippen molar-refractivity contribution in [3.8, 4) is 0 Å². The summed E-state index contributed by atoms with van der Waals surface area (Å²) in [6, 6.07) is 0. The summed E-state index contributed by atoms with van der Waals surface area (Å²) in [5.41, 5.74) is 0. The average Bonchev–Trinajstić information content (AvgIpc) is 0.930. The van der Waals surface area contributed by atoms with Crippen molar-refractivity contribution in [3.05, 3.63) is 0 Å². The van der Waals surface area contributed by atoms with Crippen LogP contribution in [0, 0.1) is 5.92 Å². The van der Waals surface area contributed by atoms with Crippen molar-refractivity contribution in [2.75, 3.05) is 39.6 Å². The first kappa shape index (κ1) is 101. The summed E-state index contributed by atoms with van der Waals surface area (Å²) in [5, 5.41) is 10.7. The van der Waals surface area contributed by atoms with Crippen molar-refractivity contribution in [2.45, 2.75) is 470 Å². The molecule has 0 aliphatic heterocycles. The molecule has 0 saturated carbocycles. The number of carbonyl (C=O) groups excluding carboxylic acids is 4. The zero-order valence-corrected chi connectivity index (χ0v) is 69.3. The fourth-order valence-electron chi connectivity index (χ4n) is 13.1. The van der Waals surface area contributed by atoms with E-state index >= 15 is 0 Å². The van der Waals surface area contributed by atoms with Gasteiger partial charge in [0.1, 0.15) is 19.3 Å². The van der Waals surface area contributed by atoms with Crippen LogP contribution in [0.2, 0.25) is 0 Å². The number of esters is 4. The quantitative estimate of drug-likeness (QED) is 0.0222. The van der Waals surface area contributed by atoms with Gasteiger partial charge in [-0.05, 0) is 31.6 Å². The number of carbonyl (C=O) groups is 4. The third kappa shape index (κ3) is 78.0. The third-order valence-electron chi connectivity index (χ3n) is 19.8. The minimum Gasteiger partial charge on any atom is -0.462 e. The van der Waals surface area contributed by atoms with Gasteiger partial charge in [0.2, 0.25) is 0 Å². The van der Waals surface area contributed by atoms with Gasteiger partial charge in [0.05, 0.1) is 26.4 Å². The number of ether oxygens (including phenoxy) is 4. The van der Waals surface area contributed by atoms with Gasteiger partial charge < -0.3 is 33.8 Å². The molecular formula is C84H164O17P2. The van der Waals surface area contributed by atoms with Crippen LogP contribution in [0.1, 0.15) is 452 Å². The van der Waals surface area contributed by atoms with Crippen LogP contribution in [0.3, 0.4) is 0 Å². The fourth-order valence-corrected chi connectivity index (χ4v) is 14.7. The molecule has 0 aliphatic rings. The standard InChI is InChI=1S/C84H164O17P2/c1-6-9-12-15-18-21-24-27-29-30-31-33-40-45-50-55-60-65-70-84(89)101-80(74-95-82(87)68-63-58-53-48-43-38-35-34-37-41-46-51-56-61-66-77(4)5)76-99-103(92,93)97-72-78(85)71-96-102(90,91)98-75-79(73-94-81(86)67-62-57-52-47-42-36-26-23-20-17-14-11-8-3)100-83(88)69-64-59-54-49-44-39-32-28-25-22-19-16-13-10-7-2/h77-80,85H,6-76H2,1-5H3,(H,90,91)(H,92,93)/t78-,79+,80+/m0/s1. The Hall–Kier alpha value is -1.94. The van der Waals surface area contributed by atoms with Gasteiger partial charge in [-0.1, -0.05) is 401 Å². The zero-order chi connectivity index (χ0) is 75.5. The van der Waals surface area contributed by atoms with Gasteiger partial charge in [0.15, 0.2) is 12.2 Å². The first-order valence-corrected chi connectivity index (χ1v) is 46.6. The average molecular weight is 1510 g/mol. The molecule has 0 aromatic heterocycles. The first-order valence-electron chi connectivity index (χ1n) is 43.6. The zero-order valence-electron chi connectivity index (χ0n) is 67.5. The van der Waals surface area contributed by atoms with E-state index in [1.807, 2.05) is 0 Å². The molecule has 0 amide bonds. The molecule has 0 bridgehead atoms. The van der Waals surface area contributed by atoms with Gasteiger partial charge in [-0.2, -0.15) is 0 Å². The second kappa shape index (κ2) is 76.8. The Morgan fingerprint density at radius 2 is 0.447 bits per heavy atom. The molecule has 2 unspecified atom stereocenters. The molecule has 0 radical (unpaired) electrons. The number of rotatable bonds is 84. The van der Waals surface area contributed by atoms with E-state index in [0.717, 1.165) is 95.8 Å². The number of hydrogen-bond acceptors (Lipinski definition) is 15. The van der Waals surface area contributed by atoms with Crippen LogP contribution in [-0.4, -0.2) is 96.7 Å². The maximum absolute atomic E-state index is 13.1. The highest BCUT2D eigenvalue weighted by Crippen LogP contribution is 2.45. The van der Waals surface area contributed by atoms with E-state index in [4.69, 9.17) is 37.0 Å². The predicted octanol–water partition coefficient (Wildman–Crippen LogP) is 25.6. The van der Waals surface area contributed by atoms with Crippen LogP contribution in [0.25, 0.3) is 0 Å². The van der Waals surface area contributed by atoms with Crippen LogP contribution in [-0.2, 0) is 65.4 Å². The topological polar surface area (TPSA) is 237 Å². The molecule has 0 fully saturated rings. The van der Waals surface area contributed by atoms with Gasteiger partial charge in [-0.25, -0.2) is 9.13 Å². The summed E-state index contributed by atoms with van der Waals surface area (Å²) in [7, 11) is -9.92. The normalized spacial score (nSPS) is 13.8. The van der Waals surface area contributed by atoms with Crippen molar-refractivity contribution in [1.82, 2.24) is 0 Å². The Labute approximate surface area is 632 Å². The van der Waals surface area contributed by atoms with Gasteiger partial charge >= 0.3 is 39.5 Å². The van der Waals surface area contributed by atoms with E-state index in [1.54, 1.807) is 0 Å². The smallest absolute Gasteiger partial charge is 0.462 e. The summed E-state index contributed by atoms with van der Waals surface area (Å²) >= 11 is 0. The van der Waals surface area contributed by atoms with Gasteiger partial charge in [0.25, 0.3) is 0 Å². The Bertz CT molecular complexity index is 1960. The minimum absolute atomic E-state index is 0.109. The van der Waals surface area contributed by atoms with Crippen molar-refractivity contribution < 1.29 is 80.2 Å². The molecule has 0 saturated heterocycles. The summed E-state index contributed by atoms with van der Waals surface area (Å²) in [4.78, 5) is 73.2. The number of hydrogen-bond donors (Lipinski definition) is 3. The number of aliphatic hydroxyl groups excluding tert-OH is 1. The molecule has 0 aromatic rings. The molecule has 0 rings (SSSR count). The van der Waals surface area contributed by atoms with Crippen molar-refractivity contribution >= 4 is 39.5 Å².